The average molecular weight is 282 g/mol. The van der Waals surface area contributed by atoms with E-state index in [0.717, 1.165) is 12.8 Å². The van der Waals surface area contributed by atoms with Crippen molar-refractivity contribution in [2.24, 2.45) is 0 Å². The summed E-state index contributed by atoms with van der Waals surface area (Å²) in [6, 6.07) is 7.03. The lowest BCUT2D eigenvalue weighted by Crippen LogP contribution is -2.30. The Kier molecular flexibility index (Phi) is 4.93. The van der Waals surface area contributed by atoms with E-state index >= 15 is 0 Å². The zero-order chi connectivity index (χ0) is 13.7. The van der Waals surface area contributed by atoms with Crippen molar-refractivity contribution in [1.82, 2.24) is 0 Å². The molecule has 1 aliphatic rings. The number of nitrogens with two attached hydrogens (primary N) is 1. The fourth-order valence-electron chi connectivity index (χ4n) is 1.98. The topological polar surface area (TPSA) is 81.4 Å². The largest absolute Gasteiger partial charge is 0.397 e. The van der Waals surface area contributed by atoms with E-state index in [-0.39, 0.29) is 16.9 Å². The molecular weight excluding hydrogens is 264 g/mol. The first-order valence-corrected chi connectivity index (χ1v) is 7.64. The zero-order valence-corrected chi connectivity index (χ0v) is 11.4. The summed E-state index contributed by atoms with van der Waals surface area (Å²) in [6.07, 6.45) is 1.51. The SMILES string of the molecule is Nc1ccccc1NC(=O)CS(=O)C1CCOCC1. The molecule has 1 fully saturated rings. The van der Waals surface area contributed by atoms with Crippen molar-refractivity contribution >= 4 is 28.1 Å². The van der Waals surface area contributed by atoms with Gasteiger partial charge in [-0.15, -0.1) is 0 Å². The van der Waals surface area contributed by atoms with Crippen molar-refractivity contribution in [1.29, 1.82) is 0 Å². The van der Waals surface area contributed by atoms with Gasteiger partial charge in [-0.2, -0.15) is 0 Å². The highest BCUT2D eigenvalue weighted by atomic mass is 32.2. The van der Waals surface area contributed by atoms with Gasteiger partial charge >= 0.3 is 0 Å². The third kappa shape index (κ3) is 4.04. The van der Waals surface area contributed by atoms with E-state index in [1.807, 2.05) is 0 Å². The summed E-state index contributed by atoms with van der Waals surface area (Å²) in [4.78, 5) is 11.8. The first-order chi connectivity index (χ1) is 9.16. The number of para-hydroxylation sites is 2. The van der Waals surface area contributed by atoms with Gasteiger partial charge < -0.3 is 15.8 Å². The highest BCUT2D eigenvalue weighted by Crippen LogP contribution is 2.17. The Hall–Kier alpha value is -1.40. The zero-order valence-electron chi connectivity index (χ0n) is 10.6. The van der Waals surface area contributed by atoms with E-state index in [2.05, 4.69) is 5.32 Å². The van der Waals surface area contributed by atoms with Crippen molar-refractivity contribution in [2.75, 3.05) is 30.0 Å². The smallest absolute Gasteiger partial charge is 0.237 e. The number of rotatable bonds is 4. The van der Waals surface area contributed by atoms with Crippen LogP contribution in [0.1, 0.15) is 12.8 Å². The van der Waals surface area contributed by atoms with E-state index < -0.39 is 10.8 Å². The van der Waals surface area contributed by atoms with E-state index in [9.17, 15) is 9.00 Å². The Labute approximate surface area is 115 Å². The minimum Gasteiger partial charge on any atom is -0.397 e. The lowest BCUT2D eigenvalue weighted by atomic mass is 10.2. The number of carbonyl (C=O) groups excluding carboxylic acids is 1. The molecule has 1 aromatic rings. The minimum absolute atomic E-state index is 0.0129. The maximum Gasteiger partial charge on any atom is 0.237 e. The third-order valence-electron chi connectivity index (χ3n) is 3.05. The standard InChI is InChI=1S/C13H18N2O3S/c14-11-3-1-2-4-12(11)15-13(16)9-19(17)10-5-7-18-8-6-10/h1-4,10H,5-9,14H2,(H,15,16). The van der Waals surface area contributed by atoms with Crippen LogP contribution in [0.15, 0.2) is 24.3 Å². The lowest BCUT2D eigenvalue weighted by molar-refractivity contribution is -0.113. The normalized spacial score (nSPS) is 17.9. The summed E-state index contributed by atoms with van der Waals surface area (Å²) in [6.45, 7) is 1.26. The Morgan fingerprint density at radius 3 is 2.74 bits per heavy atom. The number of carbonyl (C=O) groups is 1. The molecule has 2 rings (SSSR count). The molecule has 6 heteroatoms. The third-order valence-corrected chi connectivity index (χ3v) is 4.81. The van der Waals surface area contributed by atoms with Crippen LogP contribution in [-0.2, 0) is 20.3 Å². The van der Waals surface area contributed by atoms with Gasteiger partial charge in [-0.25, -0.2) is 0 Å². The Morgan fingerprint density at radius 1 is 1.37 bits per heavy atom. The molecule has 104 valence electrons. The number of benzene rings is 1. The minimum atomic E-state index is -1.15. The van der Waals surface area contributed by atoms with Crippen LogP contribution in [0.2, 0.25) is 0 Å². The quantitative estimate of drug-likeness (QED) is 0.811. The van der Waals surface area contributed by atoms with Crippen molar-refractivity contribution in [2.45, 2.75) is 18.1 Å². The molecule has 3 N–H and O–H groups in total. The molecule has 1 amide bonds. The van der Waals surface area contributed by atoms with Gasteiger partial charge in [-0.05, 0) is 25.0 Å². The summed E-state index contributed by atoms with van der Waals surface area (Å²) in [5.74, 6) is -0.248. The van der Waals surface area contributed by atoms with Crippen molar-refractivity contribution in [3.63, 3.8) is 0 Å². The molecule has 1 heterocycles. The van der Waals surface area contributed by atoms with E-state index in [1.165, 1.54) is 0 Å². The van der Waals surface area contributed by atoms with Gasteiger partial charge in [0.15, 0.2) is 0 Å². The molecule has 1 unspecified atom stereocenters. The van der Waals surface area contributed by atoms with E-state index in [4.69, 9.17) is 10.5 Å². The Bertz CT molecular complexity index is 473. The molecule has 0 spiro atoms. The first kappa shape index (κ1) is 14.0. The fraction of sp³-hybridized carbons (Fsp3) is 0.462. The van der Waals surface area contributed by atoms with Crippen LogP contribution in [0.5, 0.6) is 0 Å². The molecule has 0 radical (unpaired) electrons. The number of anilines is 2. The van der Waals surface area contributed by atoms with Crippen LogP contribution in [-0.4, -0.2) is 34.3 Å². The summed E-state index contributed by atoms with van der Waals surface area (Å²) in [7, 11) is -1.15. The fourth-order valence-corrected chi connectivity index (χ4v) is 3.27. The highest BCUT2D eigenvalue weighted by molar-refractivity contribution is 7.86. The summed E-state index contributed by atoms with van der Waals surface area (Å²) in [5.41, 5.74) is 6.81. The van der Waals surface area contributed by atoms with E-state index in [1.54, 1.807) is 24.3 Å². The van der Waals surface area contributed by atoms with Crippen LogP contribution in [0.3, 0.4) is 0 Å². The molecule has 0 bridgehead atoms. The monoisotopic (exact) mass is 282 g/mol. The predicted molar refractivity (Wildman–Crippen MR) is 76.3 cm³/mol. The second-order valence-electron chi connectivity index (χ2n) is 4.47. The van der Waals surface area contributed by atoms with Crippen molar-refractivity contribution in [3.8, 4) is 0 Å². The van der Waals surface area contributed by atoms with Crippen LogP contribution < -0.4 is 11.1 Å². The maximum atomic E-state index is 12.0. The predicted octanol–water partition coefficient (Wildman–Crippen LogP) is 1.13. The van der Waals surface area contributed by atoms with Gasteiger partial charge in [-0.3, -0.25) is 9.00 Å². The molecule has 0 aliphatic carbocycles. The van der Waals surface area contributed by atoms with Gasteiger partial charge in [0.05, 0.1) is 11.4 Å². The molecule has 0 aromatic heterocycles. The van der Waals surface area contributed by atoms with Crippen LogP contribution >= 0.6 is 0 Å². The number of hydrogen-bond donors (Lipinski definition) is 2. The highest BCUT2D eigenvalue weighted by Gasteiger charge is 2.22. The van der Waals surface area contributed by atoms with Gasteiger partial charge in [0.25, 0.3) is 0 Å². The lowest BCUT2D eigenvalue weighted by Gasteiger charge is -2.21. The van der Waals surface area contributed by atoms with Gasteiger partial charge in [-0.1, -0.05) is 12.1 Å². The first-order valence-electron chi connectivity index (χ1n) is 6.26. The Balaban J connectivity index is 1.87. The molecule has 0 saturated carbocycles. The van der Waals surface area contributed by atoms with Crippen LogP contribution in [0.25, 0.3) is 0 Å². The maximum absolute atomic E-state index is 12.0. The second kappa shape index (κ2) is 6.68. The molecule has 19 heavy (non-hydrogen) atoms. The number of nitrogens with one attached hydrogen (secondary N) is 1. The van der Waals surface area contributed by atoms with Crippen LogP contribution in [0.4, 0.5) is 11.4 Å². The number of ether oxygens (including phenoxy) is 1. The molecule has 1 atom stereocenters. The molecule has 1 aromatic carbocycles. The van der Waals surface area contributed by atoms with Gasteiger partial charge in [0, 0.05) is 29.3 Å². The summed E-state index contributed by atoms with van der Waals surface area (Å²) >= 11 is 0. The molecule has 5 nitrogen and oxygen atoms in total. The van der Waals surface area contributed by atoms with Gasteiger partial charge in [0.1, 0.15) is 5.75 Å². The summed E-state index contributed by atoms with van der Waals surface area (Å²) in [5, 5.41) is 2.75. The van der Waals surface area contributed by atoms with E-state index in [0.29, 0.717) is 24.6 Å². The molecule has 1 aliphatic heterocycles. The summed E-state index contributed by atoms with van der Waals surface area (Å²) < 4.78 is 17.3. The molecular formula is C13H18N2O3S. The average Bonchev–Trinajstić information content (AvgIpc) is 2.42. The Morgan fingerprint density at radius 2 is 2.05 bits per heavy atom. The number of nitrogen functional groups attached to an aromatic ring is 1. The molecule has 1 saturated heterocycles. The van der Waals surface area contributed by atoms with Crippen molar-refractivity contribution < 1.29 is 13.7 Å². The van der Waals surface area contributed by atoms with Crippen molar-refractivity contribution in [3.05, 3.63) is 24.3 Å². The number of amides is 1. The second-order valence-corrected chi connectivity index (χ2v) is 6.19. The van der Waals surface area contributed by atoms with Gasteiger partial charge in [0.2, 0.25) is 5.91 Å². The number of hydrogen-bond acceptors (Lipinski definition) is 4. The van der Waals surface area contributed by atoms with Crippen LogP contribution in [0, 0.1) is 0 Å².